The first-order valence-corrected chi connectivity index (χ1v) is 8.66. The molecule has 3 rings (SSSR count). The van der Waals surface area contributed by atoms with Crippen molar-refractivity contribution in [2.75, 3.05) is 6.61 Å². The highest BCUT2D eigenvalue weighted by atomic mass is 35.5. The molecule has 2 atom stereocenters. The van der Waals surface area contributed by atoms with Crippen molar-refractivity contribution in [3.05, 3.63) is 41.2 Å². The minimum atomic E-state index is -0.265. The first kappa shape index (κ1) is 16.9. The average molecular weight is 349 g/mol. The zero-order valence-corrected chi connectivity index (χ0v) is 14.1. The standard InChI is InChI=1S/C17H21ClN4O2/c18-13-7-4-5-9-16(13)22-10-15(20-21-22)17(24)19-14-8-3-1-2-6-12(14)11-23/h4-5,7,9-10,12,14,23H,1-3,6,8,11H2,(H,19,24). The molecule has 1 saturated carbocycles. The van der Waals surface area contributed by atoms with Gasteiger partial charge in [0.1, 0.15) is 0 Å². The van der Waals surface area contributed by atoms with Crippen LogP contribution in [0.15, 0.2) is 30.5 Å². The number of nitrogens with one attached hydrogen (secondary N) is 1. The molecule has 1 fully saturated rings. The second-order valence-electron chi connectivity index (χ2n) is 6.16. The van der Waals surface area contributed by atoms with Crippen LogP contribution >= 0.6 is 11.6 Å². The summed E-state index contributed by atoms with van der Waals surface area (Å²) >= 11 is 6.14. The summed E-state index contributed by atoms with van der Waals surface area (Å²) in [7, 11) is 0. The zero-order chi connectivity index (χ0) is 16.9. The smallest absolute Gasteiger partial charge is 0.273 e. The molecule has 1 heterocycles. The average Bonchev–Trinajstić information content (AvgIpc) is 2.97. The van der Waals surface area contributed by atoms with Gasteiger partial charge in [-0.1, -0.05) is 48.2 Å². The van der Waals surface area contributed by atoms with Crippen molar-refractivity contribution in [2.24, 2.45) is 5.92 Å². The molecule has 0 radical (unpaired) electrons. The summed E-state index contributed by atoms with van der Waals surface area (Å²) in [5.74, 6) is -0.159. The van der Waals surface area contributed by atoms with Crippen LogP contribution in [0.5, 0.6) is 0 Å². The van der Waals surface area contributed by atoms with Gasteiger partial charge in [0.15, 0.2) is 5.69 Å². The lowest BCUT2D eigenvalue weighted by molar-refractivity contribution is 0.0894. The largest absolute Gasteiger partial charge is 0.396 e. The number of aliphatic hydroxyl groups is 1. The fourth-order valence-electron chi connectivity index (χ4n) is 3.16. The summed E-state index contributed by atoms with van der Waals surface area (Å²) < 4.78 is 1.49. The van der Waals surface area contributed by atoms with Crippen LogP contribution in [0.1, 0.15) is 42.6 Å². The minimum Gasteiger partial charge on any atom is -0.396 e. The third-order valence-corrected chi connectivity index (χ3v) is 4.85. The number of benzene rings is 1. The van der Waals surface area contributed by atoms with Crippen molar-refractivity contribution in [1.82, 2.24) is 20.3 Å². The number of nitrogens with zero attached hydrogens (tertiary/aromatic N) is 3. The van der Waals surface area contributed by atoms with E-state index in [1.807, 2.05) is 18.2 Å². The van der Waals surface area contributed by atoms with E-state index in [1.54, 1.807) is 12.3 Å². The Bertz CT molecular complexity index is 703. The summed E-state index contributed by atoms with van der Waals surface area (Å²) in [5.41, 5.74) is 0.921. The van der Waals surface area contributed by atoms with Gasteiger partial charge in [-0.15, -0.1) is 5.10 Å². The topological polar surface area (TPSA) is 80.0 Å². The number of carbonyl (C=O) groups is 1. The SMILES string of the molecule is O=C(NC1CCCCCC1CO)c1cn(-c2ccccc2Cl)nn1. The van der Waals surface area contributed by atoms with Crippen LogP contribution in [0.2, 0.25) is 5.02 Å². The molecule has 6 nitrogen and oxygen atoms in total. The molecule has 2 N–H and O–H groups in total. The van der Waals surface area contributed by atoms with Gasteiger partial charge in [0.05, 0.1) is 16.9 Å². The molecule has 128 valence electrons. The van der Waals surface area contributed by atoms with Crippen LogP contribution in [0.4, 0.5) is 0 Å². The molecular weight excluding hydrogens is 328 g/mol. The lowest BCUT2D eigenvalue weighted by Gasteiger charge is -2.23. The monoisotopic (exact) mass is 348 g/mol. The fraction of sp³-hybridized carbons (Fsp3) is 0.471. The van der Waals surface area contributed by atoms with Crippen LogP contribution in [-0.2, 0) is 0 Å². The first-order valence-electron chi connectivity index (χ1n) is 8.28. The lowest BCUT2D eigenvalue weighted by Crippen LogP contribution is -2.41. The maximum Gasteiger partial charge on any atom is 0.273 e. The summed E-state index contributed by atoms with van der Waals surface area (Å²) in [6, 6.07) is 7.23. The van der Waals surface area contributed by atoms with Gasteiger partial charge >= 0.3 is 0 Å². The fourth-order valence-corrected chi connectivity index (χ4v) is 3.38. The van der Waals surface area contributed by atoms with E-state index < -0.39 is 0 Å². The van der Waals surface area contributed by atoms with Gasteiger partial charge in [-0.05, 0) is 25.0 Å². The van der Waals surface area contributed by atoms with E-state index >= 15 is 0 Å². The lowest BCUT2D eigenvalue weighted by atomic mass is 9.95. The molecule has 1 aliphatic carbocycles. The highest BCUT2D eigenvalue weighted by Crippen LogP contribution is 2.23. The molecule has 0 aliphatic heterocycles. The molecule has 1 aromatic heterocycles. The molecule has 0 bridgehead atoms. The predicted octanol–water partition coefficient (Wildman–Crippen LogP) is 2.59. The number of hydrogen-bond acceptors (Lipinski definition) is 4. The Kier molecular flexibility index (Phi) is 5.48. The van der Waals surface area contributed by atoms with E-state index in [0.29, 0.717) is 10.7 Å². The maximum absolute atomic E-state index is 12.5. The summed E-state index contributed by atoms with van der Waals surface area (Å²) in [5, 5.41) is 21.0. The third-order valence-electron chi connectivity index (χ3n) is 4.54. The van der Waals surface area contributed by atoms with Crippen molar-refractivity contribution in [2.45, 2.75) is 38.1 Å². The van der Waals surface area contributed by atoms with Gasteiger partial charge in [-0.25, -0.2) is 4.68 Å². The highest BCUT2D eigenvalue weighted by molar-refractivity contribution is 6.32. The van der Waals surface area contributed by atoms with Crippen molar-refractivity contribution < 1.29 is 9.90 Å². The van der Waals surface area contributed by atoms with Gasteiger partial charge < -0.3 is 10.4 Å². The van der Waals surface area contributed by atoms with Crippen molar-refractivity contribution in [1.29, 1.82) is 0 Å². The van der Waals surface area contributed by atoms with Crippen molar-refractivity contribution >= 4 is 17.5 Å². The Hall–Kier alpha value is -1.92. The molecule has 2 unspecified atom stereocenters. The van der Waals surface area contributed by atoms with Crippen LogP contribution in [-0.4, -0.2) is 38.7 Å². The molecule has 24 heavy (non-hydrogen) atoms. The quantitative estimate of drug-likeness (QED) is 0.832. The Morgan fingerprint density at radius 3 is 2.88 bits per heavy atom. The van der Waals surface area contributed by atoms with Crippen LogP contribution in [0.25, 0.3) is 5.69 Å². The third kappa shape index (κ3) is 3.76. The molecule has 7 heteroatoms. The number of para-hydroxylation sites is 1. The number of rotatable bonds is 4. The van der Waals surface area contributed by atoms with Gasteiger partial charge in [0.2, 0.25) is 0 Å². The Labute approximate surface area is 145 Å². The second kappa shape index (κ2) is 7.77. The number of amides is 1. The summed E-state index contributed by atoms with van der Waals surface area (Å²) in [6.45, 7) is 0.0945. The summed E-state index contributed by atoms with van der Waals surface area (Å²) in [4.78, 5) is 12.5. The van der Waals surface area contributed by atoms with E-state index in [9.17, 15) is 9.90 Å². The molecule has 1 aliphatic rings. The van der Waals surface area contributed by atoms with Gasteiger partial charge in [-0.2, -0.15) is 0 Å². The molecule has 2 aromatic rings. The Morgan fingerprint density at radius 2 is 2.08 bits per heavy atom. The molecule has 0 saturated heterocycles. The van der Waals surface area contributed by atoms with Gasteiger partial charge in [0.25, 0.3) is 5.91 Å². The highest BCUT2D eigenvalue weighted by Gasteiger charge is 2.26. The number of aromatic nitrogens is 3. The Morgan fingerprint density at radius 1 is 1.29 bits per heavy atom. The molecule has 1 aromatic carbocycles. The molecule has 1 amide bonds. The van der Waals surface area contributed by atoms with Gasteiger partial charge in [-0.3, -0.25) is 4.79 Å². The number of hydrogen-bond donors (Lipinski definition) is 2. The number of halogens is 1. The first-order chi connectivity index (χ1) is 11.7. The predicted molar refractivity (Wildman–Crippen MR) is 91.3 cm³/mol. The minimum absolute atomic E-state index is 0.0181. The van der Waals surface area contributed by atoms with Crippen molar-refractivity contribution in [3.8, 4) is 5.69 Å². The van der Waals surface area contributed by atoms with Crippen molar-refractivity contribution in [3.63, 3.8) is 0 Å². The number of aliphatic hydroxyl groups excluding tert-OH is 1. The second-order valence-corrected chi connectivity index (χ2v) is 6.57. The Balaban J connectivity index is 1.73. The molecular formula is C17H21ClN4O2. The van der Waals surface area contributed by atoms with Crippen LogP contribution in [0, 0.1) is 5.92 Å². The number of carbonyl (C=O) groups excluding carboxylic acids is 1. The van der Waals surface area contributed by atoms with E-state index in [4.69, 9.17) is 11.6 Å². The summed E-state index contributed by atoms with van der Waals surface area (Å²) in [6.07, 6.45) is 6.70. The maximum atomic E-state index is 12.5. The van der Waals surface area contributed by atoms with Gasteiger partial charge in [0, 0.05) is 18.6 Å². The van der Waals surface area contributed by atoms with Crippen LogP contribution in [0.3, 0.4) is 0 Å². The van der Waals surface area contributed by atoms with E-state index in [1.165, 1.54) is 4.68 Å². The van der Waals surface area contributed by atoms with E-state index in [-0.39, 0.29) is 30.2 Å². The zero-order valence-electron chi connectivity index (χ0n) is 13.4. The normalized spacial score (nSPS) is 21.2. The molecule has 0 spiro atoms. The van der Waals surface area contributed by atoms with E-state index in [0.717, 1.165) is 32.1 Å². The van der Waals surface area contributed by atoms with Crippen LogP contribution < -0.4 is 5.32 Å². The van der Waals surface area contributed by atoms with E-state index in [2.05, 4.69) is 15.6 Å².